The minimum Gasteiger partial charge on any atom is -0.368 e. The number of aromatic nitrogens is 4. The molecular formula is C19H20N6. The van der Waals surface area contributed by atoms with E-state index in [9.17, 15) is 0 Å². The van der Waals surface area contributed by atoms with Crippen molar-refractivity contribution >= 4 is 5.95 Å². The molecule has 3 heterocycles. The van der Waals surface area contributed by atoms with E-state index in [1.807, 2.05) is 49.6 Å². The Bertz CT molecular complexity index is 894. The number of nitrogens with zero attached hydrogens (tertiary/aromatic N) is 5. The number of rotatable bonds is 3. The molecule has 1 aliphatic rings. The highest BCUT2D eigenvalue weighted by Gasteiger charge is 2.19. The maximum Gasteiger partial charge on any atom is 0.220 e. The molecular weight excluding hydrogens is 312 g/mol. The summed E-state index contributed by atoms with van der Waals surface area (Å²) in [6.45, 7) is 4.65. The quantitative estimate of drug-likeness (QED) is 0.793. The summed E-state index contributed by atoms with van der Waals surface area (Å²) in [7, 11) is 0. The fourth-order valence-corrected chi connectivity index (χ4v) is 3.14. The standard InChI is InChI=1S/C19H20N6/c1-13-15(9-21-18(23-13)14-5-3-2-4-6-14)11-25-8-7-17-16(12-25)10-22-19(20)24-17/h2-6,9-10H,7-8,11-12H2,1H3,(H2,20,22,24). The molecule has 2 N–H and O–H groups in total. The van der Waals surface area contributed by atoms with Crippen LogP contribution >= 0.6 is 0 Å². The number of fused-ring (bicyclic) bond motifs is 1. The van der Waals surface area contributed by atoms with Crippen molar-refractivity contribution in [2.45, 2.75) is 26.4 Å². The fourth-order valence-electron chi connectivity index (χ4n) is 3.14. The molecule has 6 nitrogen and oxygen atoms in total. The predicted molar refractivity (Wildman–Crippen MR) is 96.5 cm³/mol. The van der Waals surface area contributed by atoms with E-state index in [0.717, 1.165) is 60.0 Å². The van der Waals surface area contributed by atoms with Gasteiger partial charge in [-0.05, 0) is 6.92 Å². The van der Waals surface area contributed by atoms with Crippen LogP contribution in [0.3, 0.4) is 0 Å². The molecule has 1 aliphatic heterocycles. The fraction of sp³-hybridized carbons (Fsp3) is 0.263. The van der Waals surface area contributed by atoms with E-state index in [1.165, 1.54) is 0 Å². The van der Waals surface area contributed by atoms with Gasteiger partial charge in [0.2, 0.25) is 5.95 Å². The first-order valence-electron chi connectivity index (χ1n) is 8.39. The van der Waals surface area contributed by atoms with Gasteiger partial charge < -0.3 is 5.73 Å². The lowest BCUT2D eigenvalue weighted by atomic mass is 10.1. The van der Waals surface area contributed by atoms with Crippen molar-refractivity contribution < 1.29 is 0 Å². The van der Waals surface area contributed by atoms with Crippen LogP contribution in [-0.2, 0) is 19.5 Å². The monoisotopic (exact) mass is 332 g/mol. The normalized spacial score (nSPS) is 14.3. The van der Waals surface area contributed by atoms with E-state index in [0.29, 0.717) is 5.95 Å². The second kappa shape index (κ2) is 6.57. The molecule has 4 rings (SSSR count). The molecule has 0 saturated heterocycles. The minimum atomic E-state index is 0.355. The van der Waals surface area contributed by atoms with Crippen LogP contribution in [0.1, 0.15) is 22.5 Å². The van der Waals surface area contributed by atoms with Crippen LogP contribution in [0.4, 0.5) is 5.95 Å². The molecule has 126 valence electrons. The molecule has 0 amide bonds. The Hall–Kier alpha value is -2.86. The lowest BCUT2D eigenvalue weighted by Gasteiger charge is -2.28. The smallest absolute Gasteiger partial charge is 0.220 e. The highest BCUT2D eigenvalue weighted by molar-refractivity contribution is 5.54. The Kier molecular flexibility index (Phi) is 4.11. The number of nitrogens with two attached hydrogens (primary N) is 1. The summed E-state index contributed by atoms with van der Waals surface area (Å²) in [6, 6.07) is 10.1. The van der Waals surface area contributed by atoms with E-state index >= 15 is 0 Å². The maximum atomic E-state index is 5.67. The lowest BCUT2D eigenvalue weighted by Crippen LogP contribution is -2.31. The van der Waals surface area contributed by atoms with Gasteiger partial charge in [0, 0.05) is 60.8 Å². The molecule has 0 atom stereocenters. The van der Waals surface area contributed by atoms with E-state index in [1.54, 1.807) is 0 Å². The van der Waals surface area contributed by atoms with Gasteiger partial charge in [0.15, 0.2) is 5.82 Å². The highest BCUT2D eigenvalue weighted by atomic mass is 15.1. The molecule has 2 aromatic heterocycles. The summed E-state index contributed by atoms with van der Waals surface area (Å²) in [5.41, 5.74) is 11.1. The summed E-state index contributed by atoms with van der Waals surface area (Å²) >= 11 is 0. The molecule has 0 bridgehead atoms. The van der Waals surface area contributed by atoms with Gasteiger partial charge in [0.1, 0.15) is 0 Å². The van der Waals surface area contributed by atoms with Crippen LogP contribution < -0.4 is 5.73 Å². The van der Waals surface area contributed by atoms with Crippen molar-refractivity contribution in [1.29, 1.82) is 0 Å². The molecule has 1 aromatic carbocycles. The third-order valence-electron chi connectivity index (χ3n) is 4.54. The number of aryl methyl sites for hydroxylation is 1. The van der Waals surface area contributed by atoms with Crippen molar-refractivity contribution in [2.24, 2.45) is 0 Å². The third kappa shape index (κ3) is 3.34. The second-order valence-corrected chi connectivity index (χ2v) is 6.33. The average molecular weight is 332 g/mol. The summed E-state index contributed by atoms with van der Waals surface area (Å²) in [4.78, 5) is 20.1. The second-order valence-electron chi connectivity index (χ2n) is 6.33. The summed E-state index contributed by atoms with van der Waals surface area (Å²) in [6.07, 6.45) is 4.68. The van der Waals surface area contributed by atoms with Gasteiger partial charge in [-0.3, -0.25) is 4.90 Å². The van der Waals surface area contributed by atoms with Crippen LogP contribution in [0.2, 0.25) is 0 Å². The Labute approximate surface area is 146 Å². The van der Waals surface area contributed by atoms with Gasteiger partial charge in [0.25, 0.3) is 0 Å². The Morgan fingerprint density at radius 3 is 2.72 bits per heavy atom. The number of nitrogen functional groups attached to an aromatic ring is 1. The van der Waals surface area contributed by atoms with E-state index in [-0.39, 0.29) is 0 Å². The molecule has 3 aromatic rings. The predicted octanol–water partition coefficient (Wildman–Crippen LogP) is 2.38. The van der Waals surface area contributed by atoms with Gasteiger partial charge in [-0.2, -0.15) is 0 Å². The van der Waals surface area contributed by atoms with E-state index in [4.69, 9.17) is 5.73 Å². The summed E-state index contributed by atoms with van der Waals surface area (Å²) < 4.78 is 0. The Balaban J connectivity index is 1.51. The average Bonchev–Trinajstić information content (AvgIpc) is 2.64. The zero-order valence-electron chi connectivity index (χ0n) is 14.2. The molecule has 0 fully saturated rings. The van der Waals surface area contributed by atoms with Crippen molar-refractivity contribution in [3.63, 3.8) is 0 Å². The first-order chi connectivity index (χ1) is 12.2. The van der Waals surface area contributed by atoms with Crippen molar-refractivity contribution in [2.75, 3.05) is 12.3 Å². The third-order valence-corrected chi connectivity index (χ3v) is 4.54. The van der Waals surface area contributed by atoms with Crippen LogP contribution in [0, 0.1) is 6.92 Å². The highest BCUT2D eigenvalue weighted by Crippen LogP contribution is 2.21. The number of hydrogen-bond acceptors (Lipinski definition) is 6. The summed E-state index contributed by atoms with van der Waals surface area (Å²) in [5, 5.41) is 0. The molecule has 0 saturated carbocycles. The molecule has 0 spiro atoms. The molecule has 6 heteroatoms. The van der Waals surface area contributed by atoms with E-state index in [2.05, 4.69) is 24.8 Å². The van der Waals surface area contributed by atoms with Crippen molar-refractivity contribution in [1.82, 2.24) is 24.8 Å². The van der Waals surface area contributed by atoms with E-state index < -0.39 is 0 Å². The largest absolute Gasteiger partial charge is 0.368 e. The van der Waals surface area contributed by atoms with Crippen LogP contribution in [0.15, 0.2) is 42.7 Å². The summed E-state index contributed by atoms with van der Waals surface area (Å²) in [5.74, 6) is 1.13. The van der Waals surface area contributed by atoms with Crippen LogP contribution in [0.5, 0.6) is 0 Å². The van der Waals surface area contributed by atoms with Gasteiger partial charge in [-0.15, -0.1) is 0 Å². The molecule has 0 radical (unpaired) electrons. The maximum absolute atomic E-state index is 5.67. The van der Waals surface area contributed by atoms with Crippen molar-refractivity contribution in [3.05, 3.63) is 65.2 Å². The van der Waals surface area contributed by atoms with Gasteiger partial charge in [-0.25, -0.2) is 19.9 Å². The zero-order chi connectivity index (χ0) is 17.2. The number of hydrogen-bond donors (Lipinski definition) is 1. The van der Waals surface area contributed by atoms with Gasteiger partial charge >= 0.3 is 0 Å². The minimum absolute atomic E-state index is 0.355. The zero-order valence-corrected chi connectivity index (χ0v) is 14.2. The number of benzene rings is 1. The molecule has 0 unspecified atom stereocenters. The lowest BCUT2D eigenvalue weighted by molar-refractivity contribution is 0.242. The first kappa shape index (κ1) is 15.7. The van der Waals surface area contributed by atoms with Gasteiger partial charge in [0.05, 0.1) is 5.69 Å². The first-order valence-corrected chi connectivity index (χ1v) is 8.39. The SMILES string of the molecule is Cc1nc(-c2ccccc2)ncc1CN1CCc2nc(N)ncc2C1. The molecule has 25 heavy (non-hydrogen) atoms. The van der Waals surface area contributed by atoms with Gasteiger partial charge in [-0.1, -0.05) is 30.3 Å². The topological polar surface area (TPSA) is 80.8 Å². The Morgan fingerprint density at radius 1 is 1.08 bits per heavy atom. The number of anilines is 1. The molecule has 0 aliphatic carbocycles. The Morgan fingerprint density at radius 2 is 1.92 bits per heavy atom. The van der Waals surface area contributed by atoms with Crippen LogP contribution in [0.25, 0.3) is 11.4 Å². The van der Waals surface area contributed by atoms with Crippen LogP contribution in [-0.4, -0.2) is 31.4 Å². The van der Waals surface area contributed by atoms with Crippen molar-refractivity contribution in [3.8, 4) is 11.4 Å².